The highest BCUT2D eigenvalue weighted by Crippen LogP contribution is 2.38. The van der Waals surface area contributed by atoms with Gasteiger partial charge < -0.3 is 19.2 Å². The number of rotatable bonds is 7. The molecule has 37 heavy (non-hydrogen) atoms. The van der Waals surface area contributed by atoms with Crippen LogP contribution in [-0.4, -0.2) is 56.1 Å². The maximum Gasteiger partial charge on any atom is 0.573 e. The summed E-state index contributed by atoms with van der Waals surface area (Å²) in [5, 5.41) is 3.45. The molecule has 3 aliphatic rings. The average molecular weight is 572 g/mol. The van der Waals surface area contributed by atoms with Crippen LogP contribution in [0.3, 0.4) is 0 Å². The zero-order valence-corrected chi connectivity index (χ0v) is 22.5. The van der Waals surface area contributed by atoms with Gasteiger partial charge in [-0.15, -0.1) is 24.9 Å². The van der Waals surface area contributed by atoms with Gasteiger partial charge in [-0.1, -0.05) is 29.5 Å². The molecule has 3 atom stereocenters. The molecule has 0 saturated heterocycles. The second-order valence-electron chi connectivity index (χ2n) is 9.12. The fraction of sp³-hybridized carbons (Fsp3) is 0.440. The lowest BCUT2D eigenvalue weighted by atomic mass is 10.0. The number of aliphatic imine (C=N–C) groups is 1. The number of aromatic nitrogens is 1. The highest BCUT2D eigenvalue weighted by atomic mass is 32.3. The Hall–Kier alpha value is -2.02. The Morgan fingerprint density at radius 1 is 1.30 bits per heavy atom. The molecule has 0 bridgehead atoms. The molecule has 12 heteroatoms. The summed E-state index contributed by atoms with van der Waals surface area (Å²) < 4.78 is 64.8. The Morgan fingerprint density at radius 3 is 2.95 bits per heavy atom. The van der Waals surface area contributed by atoms with E-state index in [1.807, 2.05) is 11.5 Å². The number of H-pyrrole nitrogens is 1. The molecule has 200 valence electrons. The molecule has 2 aromatic rings. The Morgan fingerprint density at radius 2 is 2.16 bits per heavy atom. The van der Waals surface area contributed by atoms with E-state index in [1.54, 1.807) is 17.8 Å². The quantitative estimate of drug-likeness (QED) is 0.295. The highest BCUT2D eigenvalue weighted by molar-refractivity contribution is 8.19. The van der Waals surface area contributed by atoms with Gasteiger partial charge in [-0.05, 0) is 55.5 Å². The lowest BCUT2D eigenvalue weighted by Gasteiger charge is -2.19. The van der Waals surface area contributed by atoms with Crippen molar-refractivity contribution >= 4 is 60.7 Å². The number of benzene rings is 1. The van der Waals surface area contributed by atoms with Crippen LogP contribution in [0.5, 0.6) is 5.75 Å². The van der Waals surface area contributed by atoms with Gasteiger partial charge in [0.05, 0.1) is 44.3 Å². The number of nitrogens with one attached hydrogen (secondary N) is 2. The molecule has 3 aliphatic heterocycles. The van der Waals surface area contributed by atoms with Gasteiger partial charge >= 0.3 is 6.36 Å². The van der Waals surface area contributed by atoms with Gasteiger partial charge in [-0.2, -0.15) is 0 Å². The minimum Gasteiger partial charge on any atom is -0.406 e. The minimum absolute atomic E-state index is 0.246. The summed E-state index contributed by atoms with van der Waals surface area (Å²) in [5.41, 5.74) is 2.87. The summed E-state index contributed by atoms with van der Waals surface area (Å²) in [5.74, 6) is 3.47. The van der Waals surface area contributed by atoms with Gasteiger partial charge in [-0.3, -0.25) is 4.99 Å². The van der Waals surface area contributed by atoms with Crippen molar-refractivity contribution in [1.29, 1.82) is 0 Å². The molecule has 0 aliphatic carbocycles. The van der Waals surface area contributed by atoms with Gasteiger partial charge in [0.1, 0.15) is 10.8 Å². The molecule has 1 aromatic heterocycles. The third-order valence-corrected chi connectivity index (χ3v) is 11.2. The predicted octanol–water partition coefficient (Wildman–Crippen LogP) is 6.47. The number of ether oxygens (including phenoxy) is 2. The zero-order valence-electron chi connectivity index (χ0n) is 20.0. The maximum atomic E-state index is 13.3. The Bertz CT molecular complexity index is 1340. The third kappa shape index (κ3) is 6.71. The number of alkyl halides is 3. The first-order valence-electron chi connectivity index (χ1n) is 12.0. The molecule has 4 heterocycles. The number of nitrogens with zero attached hydrogens (tertiary/aromatic N) is 1. The SMILES string of the molecule is C=S(=O)(Nc1cc(OC(F)(F)F)cc2cc(C3=NCC(CC4=CCCCOCC4)S3)[nH]c12)C1CC=CS1. The highest BCUT2D eigenvalue weighted by Gasteiger charge is 2.32. The summed E-state index contributed by atoms with van der Waals surface area (Å²) in [7, 11) is -2.86. The van der Waals surface area contributed by atoms with E-state index in [2.05, 4.69) is 26.4 Å². The number of hydrogen-bond donors (Lipinski definition) is 2. The number of fused-ring (bicyclic) bond motifs is 1. The topological polar surface area (TPSA) is 75.7 Å². The molecule has 1 aromatic carbocycles. The lowest BCUT2D eigenvalue weighted by Crippen LogP contribution is -2.23. The Kier molecular flexibility index (Phi) is 7.90. The second-order valence-corrected chi connectivity index (χ2v) is 14.1. The van der Waals surface area contributed by atoms with Gasteiger partial charge in [0.2, 0.25) is 0 Å². The van der Waals surface area contributed by atoms with Crippen molar-refractivity contribution in [3.05, 3.63) is 47.0 Å². The van der Waals surface area contributed by atoms with Crippen molar-refractivity contribution in [2.24, 2.45) is 4.99 Å². The number of aromatic amines is 1. The second kappa shape index (κ2) is 11.0. The molecule has 0 radical (unpaired) electrons. The Balaban J connectivity index is 1.39. The molecular weight excluding hydrogens is 543 g/mol. The number of halogens is 3. The molecule has 0 saturated carbocycles. The predicted molar refractivity (Wildman–Crippen MR) is 149 cm³/mol. The normalized spacial score (nSPS) is 24.3. The molecule has 3 unspecified atom stereocenters. The van der Waals surface area contributed by atoms with Crippen LogP contribution in [0, 0.1) is 0 Å². The molecule has 2 N–H and O–H groups in total. The van der Waals surface area contributed by atoms with Crippen LogP contribution in [-0.2, 0) is 14.4 Å². The van der Waals surface area contributed by atoms with Gasteiger partial charge in [0.15, 0.2) is 0 Å². The minimum atomic E-state index is -4.85. The fourth-order valence-corrected chi connectivity index (χ4v) is 8.43. The number of hydrogen-bond acceptors (Lipinski definition) is 6. The summed E-state index contributed by atoms with van der Waals surface area (Å²) in [6.07, 6.45) is 3.84. The molecular formula is C25H28F3N3O3S3. The van der Waals surface area contributed by atoms with E-state index in [9.17, 15) is 17.4 Å². The monoisotopic (exact) mass is 571 g/mol. The van der Waals surface area contributed by atoms with Crippen LogP contribution in [0.25, 0.3) is 10.9 Å². The summed E-state index contributed by atoms with van der Waals surface area (Å²) in [6, 6.07) is 4.29. The van der Waals surface area contributed by atoms with Gasteiger partial charge in [-0.25, -0.2) is 4.21 Å². The molecule has 6 nitrogen and oxygen atoms in total. The van der Waals surface area contributed by atoms with E-state index >= 15 is 0 Å². The van der Waals surface area contributed by atoms with Crippen molar-refractivity contribution in [1.82, 2.24) is 4.98 Å². The first kappa shape index (κ1) is 26.6. The van der Waals surface area contributed by atoms with Gasteiger partial charge in [0, 0.05) is 23.3 Å². The largest absolute Gasteiger partial charge is 0.573 e. The summed E-state index contributed by atoms with van der Waals surface area (Å²) >= 11 is 3.06. The zero-order chi connectivity index (χ0) is 26.0. The standard InChI is InChI=1S/C25H28F3N3O3S3/c1-37(32,22-6-4-10-35-22)31-20-14-18(34-25(26,27)28)12-17-13-21(30-23(17)20)24-29-15-19(36-24)11-16-5-2-3-8-33-9-7-16/h4-5,10,12-14,19,22,30H,1-3,6-9,11,15H2,(H,31,32). The van der Waals surface area contributed by atoms with Crippen LogP contribution < -0.4 is 9.46 Å². The maximum absolute atomic E-state index is 13.3. The number of anilines is 1. The van der Waals surface area contributed by atoms with Crippen LogP contribution in [0.15, 0.2) is 46.3 Å². The molecule has 0 fully saturated rings. The van der Waals surface area contributed by atoms with Crippen LogP contribution in [0.1, 0.15) is 37.8 Å². The van der Waals surface area contributed by atoms with Crippen molar-refractivity contribution in [3.63, 3.8) is 0 Å². The van der Waals surface area contributed by atoms with E-state index in [1.165, 1.54) is 29.5 Å². The first-order chi connectivity index (χ1) is 17.7. The van der Waals surface area contributed by atoms with E-state index in [4.69, 9.17) is 9.73 Å². The van der Waals surface area contributed by atoms with Gasteiger partial charge in [0.25, 0.3) is 0 Å². The molecule has 0 amide bonds. The first-order valence-corrected chi connectivity index (χ1v) is 15.6. The number of thioether (sulfide) groups is 2. The summed E-state index contributed by atoms with van der Waals surface area (Å²) in [4.78, 5) is 8.01. The number of allylic oxidation sites excluding steroid dienone is 2. The van der Waals surface area contributed by atoms with Crippen LogP contribution in [0.4, 0.5) is 18.9 Å². The molecule has 0 spiro atoms. The van der Waals surface area contributed by atoms with E-state index in [0.717, 1.165) is 43.9 Å². The third-order valence-electron chi connectivity index (χ3n) is 6.23. The Labute approximate surface area is 222 Å². The fourth-order valence-electron chi connectivity index (χ4n) is 4.52. The van der Waals surface area contributed by atoms with E-state index < -0.39 is 21.8 Å². The van der Waals surface area contributed by atoms with Crippen molar-refractivity contribution in [3.8, 4) is 5.75 Å². The lowest BCUT2D eigenvalue weighted by molar-refractivity contribution is -0.274. The van der Waals surface area contributed by atoms with Crippen molar-refractivity contribution < 1.29 is 26.9 Å². The van der Waals surface area contributed by atoms with Crippen LogP contribution in [0.2, 0.25) is 0 Å². The van der Waals surface area contributed by atoms with E-state index in [-0.39, 0.29) is 10.3 Å². The smallest absolute Gasteiger partial charge is 0.406 e. The van der Waals surface area contributed by atoms with E-state index in [0.29, 0.717) is 34.8 Å². The van der Waals surface area contributed by atoms with Crippen molar-refractivity contribution in [2.45, 2.75) is 48.3 Å². The average Bonchev–Trinajstić information content (AvgIpc) is 3.55. The summed E-state index contributed by atoms with van der Waals surface area (Å²) in [6.45, 7) is 2.21. The molecule has 5 rings (SSSR count). The van der Waals surface area contributed by atoms with Crippen LogP contribution >= 0.6 is 23.5 Å². The van der Waals surface area contributed by atoms with Crippen molar-refractivity contribution in [2.75, 3.05) is 24.5 Å².